The molecular formula is C20H26ClN3O2. The fourth-order valence-electron chi connectivity index (χ4n) is 2.22. The molecule has 0 heterocycles. The van der Waals surface area contributed by atoms with Crippen LogP contribution in [0.2, 0.25) is 0 Å². The highest BCUT2D eigenvalue weighted by atomic mass is 35.5. The predicted molar refractivity (Wildman–Crippen MR) is 107 cm³/mol. The topological polar surface area (TPSA) is 84.2 Å². The van der Waals surface area contributed by atoms with Gasteiger partial charge in [0.25, 0.3) is 0 Å². The monoisotopic (exact) mass is 375 g/mol. The number of aryl methyl sites for hydroxylation is 1. The van der Waals surface area contributed by atoms with Gasteiger partial charge in [0, 0.05) is 18.2 Å². The van der Waals surface area contributed by atoms with E-state index >= 15 is 0 Å². The van der Waals surface area contributed by atoms with Crippen LogP contribution in [0.15, 0.2) is 48.5 Å². The number of carbonyl (C=O) groups is 2. The van der Waals surface area contributed by atoms with Gasteiger partial charge in [-0.1, -0.05) is 55.8 Å². The minimum atomic E-state index is -0.690. The Kier molecular flexibility index (Phi) is 8.29. The molecule has 0 saturated heterocycles. The van der Waals surface area contributed by atoms with E-state index in [1.165, 1.54) is 0 Å². The van der Waals surface area contributed by atoms with Crippen molar-refractivity contribution in [3.63, 3.8) is 0 Å². The zero-order valence-corrected chi connectivity index (χ0v) is 16.1. The van der Waals surface area contributed by atoms with Crippen molar-refractivity contribution in [2.24, 2.45) is 11.7 Å². The van der Waals surface area contributed by atoms with Crippen molar-refractivity contribution in [3.8, 4) is 0 Å². The molecule has 0 aromatic heterocycles. The van der Waals surface area contributed by atoms with Gasteiger partial charge in [0.05, 0.1) is 0 Å². The second-order valence-electron chi connectivity index (χ2n) is 6.45. The lowest BCUT2D eigenvalue weighted by Gasteiger charge is -2.13. The predicted octanol–water partition coefficient (Wildman–Crippen LogP) is 3.33. The SMILES string of the molecule is Cc1ccc(C(N)C(=O)NCc2ccc(NC(=O)C(C)C)cc2)cc1.Cl. The van der Waals surface area contributed by atoms with E-state index in [0.717, 1.165) is 22.4 Å². The van der Waals surface area contributed by atoms with Crippen LogP contribution < -0.4 is 16.4 Å². The van der Waals surface area contributed by atoms with Crippen LogP contribution in [0, 0.1) is 12.8 Å². The molecule has 2 rings (SSSR count). The smallest absolute Gasteiger partial charge is 0.241 e. The fraction of sp³-hybridized carbons (Fsp3) is 0.300. The maximum Gasteiger partial charge on any atom is 0.241 e. The molecule has 0 fully saturated rings. The second kappa shape index (κ2) is 9.94. The molecule has 0 spiro atoms. The van der Waals surface area contributed by atoms with Crippen molar-refractivity contribution in [1.29, 1.82) is 0 Å². The summed E-state index contributed by atoms with van der Waals surface area (Å²) < 4.78 is 0. The molecule has 140 valence electrons. The van der Waals surface area contributed by atoms with E-state index in [9.17, 15) is 9.59 Å². The third-order valence-corrected chi connectivity index (χ3v) is 3.93. The molecule has 1 atom stereocenters. The van der Waals surface area contributed by atoms with Crippen LogP contribution >= 0.6 is 12.4 Å². The Bertz CT molecular complexity index is 728. The standard InChI is InChI=1S/C20H25N3O2.ClH/c1-13(2)19(24)23-17-10-6-15(7-11-17)12-22-20(25)18(21)16-8-4-14(3)5-9-16;/h4-11,13,18H,12,21H2,1-3H3,(H,22,25)(H,23,24);1H. The minimum absolute atomic E-state index is 0. The molecule has 0 aliphatic heterocycles. The van der Waals surface area contributed by atoms with Gasteiger partial charge in [-0.25, -0.2) is 0 Å². The molecule has 0 aliphatic carbocycles. The molecular weight excluding hydrogens is 350 g/mol. The Morgan fingerprint density at radius 2 is 1.54 bits per heavy atom. The maximum atomic E-state index is 12.2. The number of amides is 2. The molecule has 5 nitrogen and oxygen atoms in total. The molecule has 4 N–H and O–H groups in total. The fourth-order valence-corrected chi connectivity index (χ4v) is 2.22. The maximum absolute atomic E-state index is 12.2. The van der Waals surface area contributed by atoms with Crippen LogP contribution in [0.25, 0.3) is 0 Å². The number of benzene rings is 2. The quantitative estimate of drug-likeness (QED) is 0.724. The van der Waals surface area contributed by atoms with Gasteiger partial charge in [0.15, 0.2) is 0 Å². The van der Waals surface area contributed by atoms with Gasteiger partial charge in [0.2, 0.25) is 11.8 Å². The summed E-state index contributed by atoms with van der Waals surface area (Å²) in [6.45, 7) is 6.06. The normalized spacial score (nSPS) is 11.4. The average molecular weight is 376 g/mol. The highest BCUT2D eigenvalue weighted by Gasteiger charge is 2.15. The lowest BCUT2D eigenvalue weighted by atomic mass is 10.1. The van der Waals surface area contributed by atoms with Crippen molar-refractivity contribution in [2.75, 3.05) is 5.32 Å². The zero-order chi connectivity index (χ0) is 18.4. The van der Waals surface area contributed by atoms with E-state index in [4.69, 9.17) is 5.73 Å². The molecule has 1 unspecified atom stereocenters. The summed E-state index contributed by atoms with van der Waals surface area (Å²) in [5, 5.41) is 5.67. The molecule has 0 saturated carbocycles. The Morgan fingerprint density at radius 3 is 2.08 bits per heavy atom. The highest BCUT2D eigenvalue weighted by molar-refractivity contribution is 5.92. The van der Waals surface area contributed by atoms with E-state index in [0.29, 0.717) is 6.54 Å². The van der Waals surface area contributed by atoms with Gasteiger partial charge in [-0.15, -0.1) is 12.4 Å². The van der Waals surface area contributed by atoms with E-state index in [-0.39, 0.29) is 30.1 Å². The Labute approximate surface area is 160 Å². The third kappa shape index (κ3) is 6.17. The number of carbonyl (C=O) groups excluding carboxylic acids is 2. The zero-order valence-electron chi connectivity index (χ0n) is 15.3. The summed E-state index contributed by atoms with van der Waals surface area (Å²) in [5.74, 6) is -0.312. The lowest BCUT2D eigenvalue weighted by molar-refractivity contribution is -0.122. The molecule has 6 heteroatoms. The third-order valence-electron chi connectivity index (χ3n) is 3.93. The molecule has 0 aliphatic rings. The first-order valence-corrected chi connectivity index (χ1v) is 8.36. The number of nitrogens with one attached hydrogen (secondary N) is 2. The van der Waals surface area contributed by atoms with Gasteiger partial charge in [0.1, 0.15) is 6.04 Å². The van der Waals surface area contributed by atoms with E-state index in [1.807, 2.05) is 69.3 Å². The number of nitrogens with two attached hydrogens (primary N) is 1. The van der Waals surface area contributed by atoms with Gasteiger partial charge in [-0.2, -0.15) is 0 Å². The van der Waals surface area contributed by atoms with Crippen LogP contribution in [0.1, 0.15) is 36.6 Å². The minimum Gasteiger partial charge on any atom is -0.350 e. The van der Waals surface area contributed by atoms with Crippen molar-refractivity contribution in [3.05, 3.63) is 65.2 Å². The van der Waals surface area contributed by atoms with Crippen LogP contribution in [-0.2, 0) is 16.1 Å². The van der Waals surface area contributed by atoms with E-state index in [1.54, 1.807) is 0 Å². The van der Waals surface area contributed by atoms with Crippen LogP contribution in [0.5, 0.6) is 0 Å². The van der Waals surface area contributed by atoms with Crippen molar-refractivity contribution in [1.82, 2.24) is 5.32 Å². The number of hydrogen-bond acceptors (Lipinski definition) is 3. The van der Waals surface area contributed by atoms with Crippen molar-refractivity contribution in [2.45, 2.75) is 33.4 Å². The summed E-state index contributed by atoms with van der Waals surface area (Å²) >= 11 is 0. The summed E-state index contributed by atoms with van der Waals surface area (Å²) in [6, 6.07) is 14.3. The molecule has 2 amide bonds. The average Bonchev–Trinajstić information content (AvgIpc) is 2.60. The number of rotatable bonds is 6. The van der Waals surface area contributed by atoms with Crippen molar-refractivity contribution < 1.29 is 9.59 Å². The van der Waals surface area contributed by atoms with Gasteiger partial charge in [-0.3, -0.25) is 9.59 Å². The first kappa shape index (κ1) is 21.7. The number of anilines is 1. The highest BCUT2D eigenvalue weighted by Crippen LogP contribution is 2.13. The van der Waals surface area contributed by atoms with E-state index < -0.39 is 6.04 Å². The van der Waals surface area contributed by atoms with Crippen LogP contribution in [0.4, 0.5) is 5.69 Å². The Morgan fingerprint density at radius 1 is 0.962 bits per heavy atom. The summed E-state index contributed by atoms with van der Waals surface area (Å²) in [5.41, 5.74) is 9.59. The summed E-state index contributed by atoms with van der Waals surface area (Å²) in [6.07, 6.45) is 0. The largest absolute Gasteiger partial charge is 0.350 e. The Balaban J connectivity index is 0.00000338. The Hall–Kier alpha value is -2.37. The first-order chi connectivity index (χ1) is 11.9. The van der Waals surface area contributed by atoms with Gasteiger partial charge in [-0.05, 0) is 30.2 Å². The molecule has 0 bridgehead atoms. The van der Waals surface area contributed by atoms with Crippen molar-refractivity contribution >= 4 is 29.9 Å². The molecule has 0 radical (unpaired) electrons. The molecule has 2 aromatic carbocycles. The van der Waals surface area contributed by atoms with Crippen LogP contribution in [-0.4, -0.2) is 11.8 Å². The summed E-state index contributed by atoms with van der Waals surface area (Å²) in [7, 11) is 0. The first-order valence-electron chi connectivity index (χ1n) is 8.36. The van der Waals surface area contributed by atoms with E-state index in [2.05, 4.69) is 10.6 Å². The molecule has 26 heavy (non-hydrogen) atoms. The lowest BCUT2D eigenvalue weighted by Crippen LogP contribution is -2.33. The number of halogens is 1. The van der Waals surface area contributed by atoms with Crippen LogP contribution in [0.3, 0.4) is 0 Å². The van der Waals surface area contributed by atoms with Gasteiger partial charge >= 0.3 is 0 Å². The number of hydrogen-bond donors (Lipinski definition) is 3. The molecule has 2 aromatic rings. The van der Waals surface area contributed by atoms with Gasteiger partial charge < -0.3 is 16.4 Å². The second-order valence-corrected chi connectivity index (χ2v) is 6.45. The summed E-state index contributed by atoms with van der Waals surface area (Å²) in [4.78, 5) is 23.9.